The number of benzene rings is 1. The van der Waals surface area contributed by atoms with Gasteiger partial charge >= 0.3 is 0 Å². The fourth-order valence-corrected chi connectivity index (χ4v) is 4.86. The summed E-state index contributed by atoms with van der Waals surface area (Å²) in [5, 5.41) is 5.38. The van der Waals surface area contributed by atoms with Crippen molar-refractivity contribution in [3.05, 3.63) is 52.7 Å². The van der Waals surface area contributed by atoms with Crippen LogP contribution in [0.2, 0.25) is 0 Å². The number of carbonyl (C=O) groups is 1. The predicted octanol–water partition coefficient (Wildman–Crippen LogP) is 4.03. The van der Waals surface area contributed by atoms with Crippen molar-refractivity contribution >= 4 is 16.9 Å². The zero-order valence-corrected chi connectivity index (χ0v) is 17.9. The average Bonchev–Trinajstić information content (AvgIpc) is 3.51. The van der Waals surface area contributed by atoms with Crippen LogP contribution < -0.4 is 4.74 Å². The maximum Gasteiger partial charge on any atom is 0.261 e. The van der Waals surface area contributed by atoms with Crippen LogP contribution in [0, 0.1) is 13.8 Å². The molecular weight excluding hydrogens is 376 g/mol. The topological polar surface area (TPSA) is 60.2 Å². The van der Waals surface area contributed by atoms with Crippen LogP contribution in [0.25, 0.3) is 11.0 Å². The number of rotatable bonds is 5. The molecule has 5 rings (SSSR count). The van der Waals surface area contributed by atoms with Gasteiger partial charge < -0.3 is 9.64 Å². The second-order valence-electron chi connectivity index (χ2n) is 8.64. The Morgan fingerprint density at radius 1 is 1.23 bits per heavy atom. The van der Waals surface area contributed by atoms with Crippen LogP contribution in [-0.4, -0.2) is 38.2 Å². The van der Waals surface area contributed by atoms with Crippen molar-refractivity contribution in [1.29, 1.82) is 0 Å². The molecule has 0 spiro atoms. The Morgan fingerprint density at radius 3 is 2.83 bits per heavy atom. The average molecular weight is 405 g/mol. The van der Waals surface area contributed by atoms with Crippen molar-refractivity contribution in [2.45, 2.75) is 58.0 Å². The third kappa shape index (κ3) is 3.34. The lowest BCUT2D eigenvalue weighted by Crippen LogP contribution is -2.41. The SMILES string of the molecule is Cc1cc(C)c2c(OCC(=O)N(C3CC3)C3CCCc4ccccc43)nn(C)c2n1. The van der Waals surface area contributed by atoms with Gasteiger partial charge in [-0.15, -0.1) is 5.10 Å². The van der Waals surface area contributed by atoms with Crippen molar-refractivity contribution in [2.75, 3.05) is 6.61 Å². The van der Waals surface area contributed by atoms with Crippen LogP contribution in [0.3, 0.4) is 0 Å². The van der Waals surface area contributed by atoms with Gasteiger partial charge in [-0.2, -0.15) is 0 Å². The van der Waals surface area contributed by atoms with E-state index in [1.165, 1.54) is 11.1 Å². The highest BCUT2D eigenvalue weighted by Crippen LogP contribution is 2.41. The normalized spacial score (nSPS) is 18.3. The molecule has 0 bridgehead atoms. The molecule has 2 heterocycles. The molecule has 1 fully saturated rings. The lowest BCUT2D eigenvalue weighted by molar-refractivity contribution is -0.137. The molecule has 30 heavy (non-hydrogen) atoms. The molecule has 1 unspecified atom stereocenters. The molecule has 0 N–H and O–H groups in total. The van der Waals surface area contributed by atoms with E-state index in [-0.39, 0.29) is 18.6 Å². The van der Waals surface area contributed by atoms with Crippen molar-refractivity contribution in [2.24, 2.45) is 7.05 Å². The minimum Gasteiger partial charge on any atom is -0.466 e. The fourth-order valence-electron chi connectivity index (χ4n) is 4.86. The molecule has 2 aliphatic rings. The van der Waals surface area contributed by atoms with E-state index in [1.807, 2.05) is 27.0 Å². The summed E-state index contributed by atoms with van der Waals surface area (Å²) in [5.74, 6) is 0.543. The molecule has 1 saturated carbocycles. The Bertz CT molecular complexity index is 1120. The molecule has 2 aliphatic carbocycles. The number of amides is 1. The summed E-state index contributed by atoms with van der Waals surface area (Å²) in [5.41, 5.74) is 5.48. The number of carbonyl (C=O) groups excluding carboxylic acids is 1. The van der Waals surface area contributed by atoms with E-state index in [2.05, 4.69) is 39.2 Å². The van der Waals surface area contributed by atoms with Gasteiger partial charge in [-0.3, -0.25) is 4.79 Å². The summed E-state index contributed by atoms with van der Waals surface area (Å²) < 4.78 is 7.72. The Hall–Kier alpha value is -2.89. The first kappa shape index (κ1) is 19.1. The molecule has 6 nitrogen and oxygen atoms in total. The van der Waals surface area contributed by atoms with Gasteiger partial charge in [0.1, 0.15) is 0 Å². The Kier molecular flexibility index (Phi) is 4.72. The molecule has 156 valence electrons. The first-order chi connectivity index (χ1) is 14.5. The van der Waals surface area contributed by atoms with E-state index in [4.69, 9.17) is 4.74 Å². The minimum absolute atomic E-state index is 0.00853. The van der Waals surface area contributed by atoms with E-state index in [9.17, 15) is 4.79 Å². The number of pyridine rings is 1. The van der Waals surface area contributed by atoms with Gasteiger partial charge in [0.2, 0.25) is 5.88 Å². The fraction of sp³-hybridized carbons (Fsp3) is 0.458. The number of hydrogen-bond acceptors (Lipinski definition) is 4. The van der Waals surface area contributed by atoms with Crippen molar-refractivity contribution in [3.63, 3.8) is 0 Å². The second-order valence-corrected chi connectivity index (χ2v) is 8.64. The lowest BCUT2D eigenvalue weighted by atomic mass is 9.86. The van der Waals surface area contributed by atoms with E-state index in [1.54, 1.807) is 4.68 Å². The maximum atomic E-state index is 13.3. The van der Waals surface area contributed by atoms with Crippen LogP contribution in [0.5, 0.6) is 5.88 Å². The monoisotopic (exact) mass is 404 g/mol. The summed E-state index contributed by atoms with van der Waals surface area (Å²) >= 11 is 0. The molecule has 0 radical (unpaired) electrons. The summed E-state index contributed by atoms with van der Waals surface area (Å²) in [4.78, 5) is 20.0. The predicted molar refractivity (Wildman–Crippen MR) is 115 cm³/mol. The quantitative estimate of drug-likeness (QED) is 0.644. The third-order valence-electron chi connectivity index (χ3n) is 6.32. The smallest absolute Gasteiger partial charge is 0.261 e. The maximum absolute atomic E-state index is 13.3. The van der Waals surface area contributed by atoms with Gasteiger partial charge in [-0.1, -0.05) is 24.3 Å². The van der Waals surface area contributed by atoms with Crippen LogP contribution in [-0.2, 0) is 18.3 Å². The zero-order valence-electron chi connectivity index (χ0n) is 17.9. The second kappa shape index (κ2) is 7.42. The Balaban J connectivity index is 1.39. The third-order valence-corrected chi connectivity index (χ3v) is 6.32. The van der Waals surface area contributed by atoms with Crippen molar-refractivity contribution in [1.82, 2.24) is 19.7 Å². The first-order valence-corrected chi connectivity index (χ1v) is 10.9. The molecule has 1 amide bonds. The zero-order chi connectivity index (χ0) is 20.8. The number of aromatic nitrogens is 3. The van der Waals surface area contributed by atoms with Gasteiger partial charge in [0, 0.05) is 18.8 Å². The molecular formula is C24H28N4O2. The van der Waals surface area contributed by atoms with Crippen LogP contribution in [0.1, 0.15) is 54.1 Å². The number of nitrogens with zero attached hydrogens (tertiary/aromatic N) is 4. The van der Waals surface area contributed by atoms with Gasteiger partial charge in [0.05, 0.1) is 11.4 Å². The van der Waals surface area contributed by atoms with Gasteiger partial charge in [0.15, 0.2) is 12.3 Å². The van der Waals surface area contributed by atoms with E-state index in [0.717, 1.165) is 54.4 Å². The Labute approximate surface area is 176 Å². The largest absolute Gasteiger partial charge is 0.466 e. The molecule has 1 aromatic carbocycles. The van der Waals surface area contributed by atoms with Gasteiger partial charge in [-0.25, -0.2) is 9.67 Å². The molecule has 3 aromatic rings. The minimum atomic E-state index is 0.00853. The highest BCUT2D eigenvalue weighted by molar-refractivity contribution is 5.86. The summed E-state index contributed by atoms with van der Waals surface area (Å²) in [6.07, 6.45) is 5.40. The van der Waals surface area contributed by atoms with E-state index < -0.39 is 0 Å². The molecule has 1 atom stereocenters. The number of hydrogen-bond donors (Lipinski definition) is 0. The summed E-state index contributed by atoms with van der Waals surface area (Å²) in [6.45, 7) is 4.01. The number of fused-ring (bicyclic) bond motifs is 2. The van der Waals surface area contributed by atoms with Crippen molar-refractivity contribution < 1.29 is 9.53 Å². The summed E-state index contributed by atoms with van der Waals surface area (Å²) in [7, 11) is 1.86. The molecule has 6 heteroatoms. The highest BCUT2D eigenvalue weighted by atomic mass is 16.5. The molecule has 0 saturated heterocycles. The number of aryl methyl sites for hydroxylation is 4. The van der Waals surface area contributed by atoms with Crippen LogP contribution in [0.15, 0.2) is 30.3 Å². The lowest BCUT2D eigenvalue weighted by Gasteiger charge is -2.36. The molecule has 0 aliphatic heterocycles. The molecule has 2 aromatic heterocycles. The van der Waals surface area contributed by atoms with Gasteiger partial charge in [-0.05, 0) is 68.7 Å². The van der Waals surface area contributed by atoms with E-state index in [0.29, 0.717) is 11.9 Å². The van der Waals surface area contributed by atoms with Crippen LogP contribution >= 0.6 is 0 Å². The van der Waals surface area contributed by atoms with Crippen molar-refractivity contribution in [3.8, 4) is 5.88 Å². The standard InChI is InChI=1S/C24H28N4O2/c1-15-13-16(2)25-23-22(15)24(26-27(23)3)30-14-21(29)28(18-11-12-18)20-10-6-8-17-7-4-5-9-19(17)20/h4-5,7,9,13,18,20H,6,8,10-12,14H2,1-3H3. The van der Waals surface area contributed by atoms with Gasteiger partial charge in [0.25, 0.3) is 5.91 Å². The summed E-state index contributed by atoms with van der Waals surface area (Å²) in [6, 6.07) is 11.1. The Morgan fingerprint density at radius 2 is 2.03 bits per heavy atom. The highest BCUT2D eigenvalue weighted by Gasteiger charge is 2.39. The van der Waals surface area contributed by atoms with Crippen LogP contribution in [0.4, 0.5) is 0 Å². The van der Waals surface area contributed by atoms with E-state index >= 15 is 0 Å². The first-order valence-electron chi connectivity index (χ1n) is 10.9. The number of ether oxygens (including phenoxy) is 1.